The molecule has 0 aliphatic carbocycles. The Morgan fingerprint density at radius 2 is 1.75 bits per heavy atom. The first-order valence-corrected chi connectivity index (χ1v) is 7.10. The Labute approximate surface area is 121 Å². The topological polar surface area (TPSA) is 40.2 Å². The van der Waals surface area contributed by atoms with Gasteiger partial charge in [-0.2, -0.15) is 0 Å². The second-order valence-electron chi connectivity index (χ2n) is 5.18. The summed E-state index contributed by atoms with van der Waals surface area (Å²) in [5, 5.41) is 0. The van der Waals surface area contributed by atoms with E-state index in [1.807, 2.05) is 12.1 Å². The zero-order chi connectivity index (χ0) is 14.7. The monoisotopic (exact) mass is 280 g/mol. The van der Waals surface area contributed by atoms with Gasteiger partial charge in [-0.1, -0.05) is 19.9 Å². The van der Waals surface area contributed by atoms with Crippen molar-refractivity contribution >= 4 is 0 Å². The van der Waals surface area contributed by atoms with Gasteiger partial charge in [0.15, 0.2) is 11.5 Å². The predicted octanol–water partition coefficient (Wildman–Crippen LogP) is 3.38. The molecule has 3 unspecified atom stereocenters. The van der Waals surface area contributed by atoms with Crippen LogP contribution in [0.2, 0.25) is 0 Å². The molecule has 1 heterocycles. The summed E-state index contributed by atoms with van der Waals surface area (Å²) in [7, 11) is 4.92. The number of ether oxygens (including phenoxy) is 4. The first kappa shape index (κ1) is 15.0. The van der Waals surface area contributed by atoms with Gasteiger partial charge in [0.05, 0.1) is 33.5 Å². The summed E-state index contributed by atoms with van der Waals surface area (Å²) < 4.78 is 21.9. The Hall–Kier alpha value is -1.42. The van der Waals surface area contributed by atoms with E-state index in [0.717, 1.165) is 24.2 Å². The summed E-state index contributed by atoms with van der Waals surface area (Å²) >= 11 is 0. The van der Waals surface area contributed by atoms with Gasteiger partial charge in [-0.15, -0.1) is 0 Å². The highest BCUT2D eigenvalue weighted by Crippen LogP contribution is 2.44. The molecule has 0 N–H and O–H groups in total. The molecular formula is C16H24O4. The fraction of sp³-hybridized carbons (Fsp3) is 0.625. The van der Waals surface area contributed by atoms with Crippen molar-refractivity contribution in [2.45, 2.75) is 44.8 Å². The summed E-state index contributed by atoms with van der Waals surface area (Å²) in [6.45, 7) is 4.35. The molecule has 1 fully saturated rings. The van der Waals surface area contributed by atoms with Crippen LogP contribution >= 0.6 is 0 Å². The molecule has 1 aromatic carbocycles. The van der Waals surface area contributed by atoms with Crippen molar-refractivity contribution in [2.24, 2.45) is 0 Å². The highest BCUT2D eigenvalue weighted by atomic mass is 16.6. The maximum Gasteiger partial charge on any atom is 0.203 e. The molecule has 1 aliphatic rings. The largest absolute Gasteiger partial charge is 0.493 e. The van der Waals surface area contributed by atoms with E-state index < -0.39 is 0 Å². The van der Waals surface area contributed by atoms with Crippen LogP contribution in [0, 0.1) is 0 Å². The van der Waals surface area contributed by atoms with E-state index in [1.165, 1.54) is 0 Å². The fourth-order valence-electron chi connectivity index (χ4n) is 2.73. The van der Waals surface area contributed by atoms with Crippen LogP contribution in [-0.4, -0.2) is 33.5 Å². The van der Waals surface area contributed by atoms with E-state index in [1.54, 1.807) is 21.3 Å². The Balaban J connectivity index is 2.22. The van der Waals surface area contributed by atoms with Crippen molar-refractivity contribution in [3.63, 3.8) is 0 Å². The molecule has 20 heavy (non-hydrogen) atoms. The fourth-order valence-corrected chi connectivity index (χ4v) is 2.73. The van der Waals surface area contributed by atoms with Gasteiger partial charge in [0.25, 0.3) is 0 Å². The maximum absolute atomic E-state index is 5.64. The molecule has 2 rings (SSSR count). The zero-order valence-electron chi connectivity index (χ0n) is 12.9. The van der Waals surface area contributed by atoms with Crippen molar-refractivity contribution in [1.29, 1.82) is 0 Å². The molecule has 0 saturated carbocycles. The maximum atomic E-state index is 5.64. The molecule has 4 nitrogen and oxygen atoms in total. The van der Waals surface area contributed by atoms with Crippen molar-refractivity contribution < 1.29 is 18.9 Å². The minimum absolute atomic E-state index is 0.353. The van der Waals surface area contributed by atoms with Gasteiger partial charge < -0.3 is 18.9 Å². The smallest absolute Gasteiger partial charge is 0.203 e. The molecule has 0 radical (unpaired) electrons. The molecular weight excluding hydrogens is 256 g/mol. The lowest BCUT2D eigenvalue weighted by Gasteiger charge is -2.19. The number of benzene rings is 1. The summed E-state index contributed by atoms with van der Waals surface area (Å²) in [4.78, 5) is 0. The number of methoxy groups -OCH3 is 3. The third-order valence-electron chi connectivity index (χ3n) is 3.94. The van der Waals surface area contributed by atoms with Crippen LogP contribution in [0.4, 0.5) is 0 Å². The van der Waals surface area contributed by atoms with Crippen LogP contribution in [0.3, 0.4) is 0 Å². The van der Waals surface area contributed by atoms with E-state index in [9.17, 15) is 0 Å². The quantitative estimate of drug-likeness (QED) is 0.718. The highest BCUT2D eigenvalue weighted by Gasteiger charge is 2.38. The minimum atomic E-state index is 0.353. The van der Waals surface area contributed by atoms with Crippen LogP contribution < -0.4 is 14.2 Å². The van der Waals surface area contributed by atoms with Gasteiger partial charge in [-0.3, -0.25) is 0 Å². The van der Waals surface area contributed by atoms with Gasteiger partial charge >= 0.3 is 0 Å². The molecule has 112 valence electrons. The summed E-state index contributed by atoms with van der Waals surface area (Å²) in [6.07, 6.45) is 2.90. The summed E-state index contributed by atoms with van der Waals surface area (Å²) in [5.74, 6) is 2.46. The van der Waals surface area contributed by atoms with E-state index in [0.29, 0.717) is 29.6 Å². The average molecular weight is 280 g/mol. The molecule has 4 heteroatoms. The Morgan fingerprint density at radius 3 is 2.25 bits per heavy atom. The Morgan fingerprint density at radius 1 is 1.05 bits per heavy atom. The van der Waals surface area contributed by atoms with Gasteiger partial charge in [-0.05, 0) is 24.8 Å². The standard InChI is InChI=1S/C16H24O4/c1-6-12-14(20-12)9-10(2)11-7-8-13(17-3)16(19-5)15(11)18-4/h7-8,10,12,14H,6,9H2,1-5H3. The highest BCUT2D eigenvalue weighted by molar-refractivity contribution is 5.56. The summed E-state index contributed by atoms with van der Waals surface area (Å²) in [5.41, 5.74) is 1.13. The van der Waals surface area contributed by atoms with Crippen molar-refractivity contribution in [1.82, 2.24) is 0 Å². The summed E-state index contributed by atoms with van der Waals surface area (Å²) in [6, 6.07) is 3.98. The molecule has 0 amide bonds. The van der Waals surface area contributed by atoms with Crippen LogP contribution in [0.5, 0.6) is 17.2 Å². The Bertz CT molecular complexity index is 458. The molecule has 1 aliphatic heterocycles. The second kappa shape index (κ2) is 6.35. The van der Waals surface area contributed by atoms with Gasteiger partial charge in [0.2, 0.25) is 5.75 Å². The molecule has 1 aromatic rings. The minimum Gasteiger partial charge on any atom is -0.493 e. The lowest BCUT2D eigenvalue weighted by molar-refractivity contribution is 0.318. The third-order valence-corrected chi connectivity index (χ3v) is 3.94. The first-order chi connectivity index (χ1) is 9.65. The molecule has 3 atom stereocenters. The second-order valence-corrected chi connectivity index (χ2v) is 5.18. The van der Waals surface area contributed by atoms with E-state index in [4.69, 9.17) is 18.9 Å². The van der Waals surface area contributed by atoms with E-state index >= 15 is 0 Å². The van der Waals surface area contributed by atoms with Crippen LogP contribution in [-0.2, 0) is 4.74 Å². The SMILES string of the molecule is CCC1OC1CC(C)c1ccc(OC)c(OC)c1OC. The van der Waals surface area contributed by atoms with Crippen LogP contribution in [0.25, 0.3) is 0 Å². The average Bonchev–Trinajstić information content (AvgIpc) is 3.23. The number of hydrogen-bond acceptors (Lipinski definition) is 4. The van der Waals surface area contributed by atoms with Gasteiger partial charge in [0, 0.05) is 5.56 Å². The number of hydrogen-bond donors (Lipinski definition) is 0. The number of epoxide rings is 1. The van der Waals surface area contributed by atoms with Crippen molar-refractivity contribution in [3.8, 4) is 17.2 Å². The van der Waals surface area contributed by atoms with Crippen molar-refractivity contribution in [3.05, 3.63) is 17.7 Å². The third kappa shape index (κ3) is 2.85. The normalized spacial score (nSPS) is 22.2. The van der Waals surface area contributed by atoms with Crippen molar-refractivity contribution in [2.75, 3.05) is 21.3 Å². The zero-order valence-corrected chi connectivity index (χ0v) is 12.9. The molecule has 1 saturated heterocycles. The van der Waals surface area contributed by atoms with E-state index in [2.05, 4.69) is 13.8 Å². The van der Waals surface area contributed by atoms with Crippen LogP contribution in [0.15, 0.2) is 12.1 Å². The van der Waals surface area contributed by atoms with Gasteiger partial charge in [-0.25, -0.2) is 0 Å². The molecule has 0 aromatic heterocycles. The van der Waals surface area contributed by atoms with Crippen LogP contribution in [0.1, 0.15) is 38.2 Å². The number of rotatable bonds is 7. The van der Waals surface area contributed by atoms with E-state index in [-0.39, 0.29) is 0 Å². The lowest BCUT2D eigenvalue weighted by atomic mass is 9.93. The van der Waals surface area contributed by atoms with Gasteiger partial charge in [0.1, 0.15) is 0 Å². The first-order valence-electron chi connectivity index (χ1n) is 7.10. The Kier molecular flexibility index (Phi) is 4.76. The molecule has 0 spiro atoms. The lowest BCUT2D eigenvalue weighted by Crippen LogP contribution is -2.05. The molecule has 0 bridgehead atoms. The predicted molar refractivity (Wildman–Crippen MR) is 78.1 cm³/mol.